The van der Waals surface area contributed by atoms with Gasteiger partial charge in [-0.25, -0.2) is 13.2 Å². The molecule has 7 nitrogen and oxygen atoms in total. The number of hydrogen-bond donors (Lipinski definition) is 0. The summed E-state index contributed by atoms with van der Waals surface area (Å²) in [6.07, 6.45) is 9.89. The van der Waals surface area contributed by atoms with Crippen molar-refractivity contribution in [3.05, 3.63) is 48.6 Å². The van der Waals surface area contributed by atoms with E-state index in [9.17, 15) is 18.0 Å². The van der Waals surface area contributed by atoms with Gasteiger partial charge >= 0.3 is 5.97 Å². The number of ether oxygens (including phenoxy) is 2. The fourth-order valence-electron chi connectivity index (χ4n) is 4.31. The Labute approximate surface area is 190 Å². The second-order valence-corrected chi connectivity index (χ2v) is 10.5. The number of sulfone groups is 1. The molecule has 2 fully saturated rings. The molecule has 1 saturated heterocycles. The van der Waals surface area contributed by atoms with E-state index in [-0.39, 0.29) is 36.1 Å². The Hall–Kier alpha value is -2.61. The molecule has 0 aromatic heterocycles. The SMILES string of the molecule is C=CCOc1ccc(C=CC(=O)OCC(=O)N(C2CCCCC2)C2CCS(=O)(=O)C2)cc1. The van der Waals surface area contributed by atoms with Crippen molar-refractivity contribution in [2.45, 2.75) is 50.6 Å². The van der Waals surface area contributed by atoms with Crippen molar-refractivity contribution in [1.29, 1.82) is 0 Å². The lowest BCUT2D eigenvalue weighted by atomic mass is 9.93. The summed E-state index contributed by atoms with van der Waals surface area (Å²) in [5, 5.41) is 0. The van der Waals surface area contributed by atoms with E-state index in [2.05, 4.69) is 6.58 Å². The van der Waals surface area contributed by atoms with Gasteiger partial charge in [0.15, 0.2) is 16.4 Å². The number of benzene rings is 1. The summed E-state index contributed by atoms with van der Waals surface area (Å²) in [5.41, 5.74) is 0.791. The molecule has 0 N–H and O–H groups in total. The Morgan fingerprint density at radius 2 is 1.78 bits per heavy atom. The maximum atomic E-state index is 13.0. The molecule has 1 amide bonds. The van der Waals surface area contributed by atoms with Gasteiger partial charge in [0.25, 0.3) is 5.91 Å². The highest BCUT2D eigenvalue weighted by Gasteiger charge is 2.38. The lowest BCUT2D eigenvalue weighted by Crippen LogP contribution is -2.50. The van der Waals surface area contributed by atoms with Crippen LogP contribution < -0.4 is 4.74 Å². The smallest absolute Gasteiger partial charge is 0.331 e. The van der Waals surface area contributed by atoms with Crippen LogP contribution in [0.15, 0.2) is 43.0 Å². The molecule has 1 aliphatic carbocycles. The Morgan fingerprint density at radius 3 is 2.41 bits per heavy atom. The van der Waals surface area contributed by atoms with Gasteiger partial charge in [-0.2, -0.15) is 0 Å². The molecular weight excluding hydrogens is 430 g/mol. The minimum atomic E-state index is -3.12. The molecule has 3 rings (SSSR count). The molecular formula is C24H31NO6S. The van der Waals surface area contributed by atoms with Gasteiger partial charge in [0, 0.05) is 18.2 Å². The van der Waals surface area contributed by atoms with E-state index in [1.165, 1.54) is 6.08 Å². The van der Waals surface area contributed by atoms with E-state index in [1.807, 2.05) is 0 Å². The van der Waals surface area contributed by atoms with Gasteiger partial charge in [-0.15, -0.1) is 0 Å². The fraction of sp³-hybridized carbons (Fsp3) is 0.500. The van der Waals surface area contributed by atoms with Gasteiger partial charge in [-0.1, -0.05) is 44.1 Å². The molecule has 1 unspecified atom stereocenters. The van der Waals surface area contributed by atoms with Crippen LogP contribution in [0, 0.1) is 0 Å². The van der Waals surface area contributed by atoms with Crippen LogP contribution >= 0.6 is 0 Å². The van der Waals surface area contributed by atoms with E-state index in [0.29, 0.717) is 18.8 Å². The average Bonchev–Trinajstić information content (AvgIpc) is 3.15. The molecule has 1 aromatic carbocycles. The van der Waals surface area contributed by atoms with Crippen LogP contribution in [0.25, 0.3) is 6.08 Å². The predicted molar refractivity (Wildman–Crippen MR) is 123 cm³/mol. The van der Waals surface area contributed by atoms with Crippen molar-refractivity contribution < 1.29 is 27.5 Å². The van der Waals surface area contributed by atoms with Gasteiger partial charge in [0.1, 0.15) is 12.4 Å². The molecule has 2 aliphatic rings. The van der Waals surface area contributed by atoms with E-state index >= 15 is 0 Å². The van der Waals surface area contributed by atoms with Crippen molar-refractivity contribution in [3.8, 4) is 5.75 Å². The molecule has 0 bridgehead atoms. The highest BCUT2D eigenvalue weighted by molar-refractivity contribution is 7.91. The van der Waals surface area contributed by atoms with Crippen molar-refractivity contribution in [3.63, 3.8) is 0 Å². The summed E-state index contributed by atoms with van der Waals surface area (Å²) >= 11 is 0. The van der Waals surface area contributed by atoms with E-state index in [4.69, 9.17) is 9.47 Å². The number of hydrogen-bond acceptors (Lipinski definition) is 6. The predicted octanol–water partition coefficient (Wildman–Crippen LogP) is 3.16. The summed E-state index contributed by atoms with van der Waals surface area (Å²) in [5.74, 6) is -0.131. The van der Waals surface area contributed by atoms with Crippen molar-refractivity contribution >= 4 is 27.8 Å². The second kappa shape index (κ2) is 11.3. The van der Waals surface area contributed by atoms with E-state index in [0.717, 1.165) is 37.7 Å². The van der Waals surface area contributed by atoms with Crippen molar-refractivity contribution in [1.82, 2.24) is 4.90 Å². The first-order chi connectivity index (χ1) is 15.4. The van der Waals surface area contributed by atoms with Crippen LogP contribution in [0.4, 0.5) is 0 Å². The van der Waals surface area contributed by atoms with Crippen molar-refractivity contribution in [2.75, 3.05) is 24.7 Å². The third-order valence-electron chi connectivity index (χ3n) is 5.86. The Morgan fingerprint density at radius 1 is 1.06 bits per heavy atom. The fourth-order valence-corrected chi connectivity index (χ4v) is 6.02. The summed E-state index contributed by atoms with van der Waals surface area (Å²) in [6.45, 7) is 3.63. The minimum Gasteiger partial charge on any atom is -0.490 e. The van der Waals surface area contributed by atoms with Crippen LogP contribution in [-0.2, 0) is 24.2 Å². The third kappa shape index (κ3) is 6.95. The standard InChI is InChI=1S/C24H31NO6S/c1-2-15-30-22-11-8-19(9-12-22)10-13-24(27)31-17-23(26)25(20-6-4-3-5-7-20)21-14-16-32(28,29)18-21/h2,8-13,20-21H,1,3-7,14-18H2. The third-order valence-corrected chi connectivity index (χ3v) is 7.61. The van der Waals surface area contributed by atoms with Crippen LogP contribution in [0.2, 0.25) is 0 Å². The largest absolute Gasteiger partial charge is 0.490 e. The maximum absolute atomic E-state index is 13.0. The Kier molecular flexibility index (Phi) is 8.50. The quantitative estimate of drug-likeness (QED) is 0.319. The first kappa shape index (κ1) is 24.0. The average molecular weight is 462 g/mol. The van der Waals surface area contributed by atoms with Gasteiger partial charge in [0.05, 0.1) is 11.5 Å². The van der Waals surface area contributed by atoms with Crippen molar-refractivity contribution in [2.24, 2.45) is 0 Å². The first-order valence-electron chi connectivity index (χ1n) is 11.1. The normalized spacial score (nSPS) is 20.7. The van der Waals surface area contributed by atoms with Crippen LogP contribution in [0.1, 0.15) is 44.1 Å². The van der Waals surface area contributed by atoms with Gasteiger partial charge in [-0.05, 0) is 43.0 Å². The van der Waals surface area contributed by atoms with Gasteiger partial charge < -0.3 is 14.4 Å². The molecule has 0 spiro atoms. The molecule has 0 radical (unpaired) electrons. The first-order valence-corrected chi connectivity index (χ1v) is 12.9. The number of carbonyl (C=O) groups is 2. The summed E-state index contributed by atoms with van der Waals surface area (Å²) in [6, 6.07) is 6.88. The number of rotatable bonds is 9. The molecule has 1 heterocycles. The van der Waals surface area contributed by atoms with E-state index in [1.54, 1.807) is 41.3 Å². The Bertz CT molecular complexity index is 932. The zero-order valence-electron chi connectivity index (χ0n) is 18.3. The van der Waals surface area contributed by atoms with E-state index < -0.39 is 15.8 Å². The highest BCUT2D eigenvalue weighted by Crippen LogP contribution is 2.28. The van der Waals surface area contributed by atoms with Crippen LogP contribution in [0.3, 0.4) is 0 Å². The van der Waals surface area contributed by atoms with Gasteiger partial charge in [-0.3, -0.25) is 4.79 Å². The molecule has 1 atom stereocenters. The summed E-state index contributed by atoms with van der Waals surface area (Å²) < 4.78 is 34.5. The maximum Gasteiger partial charge on any atom is 0.331 e. The number of carbonyl (C=O) groups excluding carboxylic acids is 2. The van der Waals surface area contributed by atoms with Crippen LogP contribution in [0.5, 0.6) is 5.75 Å². The number of esters is 1. The lowest BCUT2D eigenvalue weighted by Gasteiger charge is -2.38. The second-order valence-electron chi connectivity index (χ2n) is 8.26. The molecule has 32 heavy (non-hydrogen) atoms. The molecule has 8 heteroatoms. The van der Waals surface area contributed by atoms with Gasteiger partial charge in [0.2, 0.25) is 0 Å². The van der Waals surface area contributed by atoms with Crippen LogP contribution in [-0.4, -0.2) is 62.0 Å². The zero-order chi connectivity index (χ0) is 23.0. The monoisotopic (exact) mass is 461 g/mol. The molecule has 1 saturated carbocycles. The number of amides is 1. The highest BCUT2D eigenvalue weighted by atomic mass is 32.2. The molecule has 174 valence electrons. The molecule has 1 aromatic rings. The summed E-state index contributed by atoms with van der Waals surface area (Å²) in [4.78, 5) is 26.8. The lowest BCUT2D eigenvalue weighted by molar-refractivity contribution is -0.151. The zero-order valence-corrected chi connectivity index (χ0v) is 19.1. The number of nitrogens with zero attached hydrogens (tertiary/aromatic N) is 1. The minimum absolute atomic E-state index is 0.00437. The summed E-state index contributed by atoms with van der Waals surface area (Å²) in [7, 11) is -3.12. The Balaban J connectivity index is 1.55. The molecule has 1 aliphatic heterocycles. The topological polar surface area (TPSA) is 90.0 Å².